The van der Waals surface area contributed by atoms with Crippen molar-refractivity contribution in [1.82, 2.24) is 19.9 Å². The van der Waals surface area contributed by atoms with E-state index in [0.29, 0.717) is 17.2 Å². The maximum absolute atomic E-state index is 13.7. The average Bonchev–Trinajstić information content (AvgIpc) is 2.84. The fourth-order valence-corrected chi connectivity index (χ4v) is 4.47. The summed E-state index contributed by atoms with van der Waals surface area (Å²) < 4.78 is 41.0. The number of halogens is 3. The third-order valence-electron chi connectivity index (χ3n) is 6.47. The summed E-state index contributed by atoms with van der Waals surface area (Å²) in [6.45, 7) is 2.06. The van der Waals surface area contributed by atoms with Crippen LogP contribution in [0.15, 0.2) is 48.8 Å². The van der Waals surface area contributed by atoms with Crippen molar-refractivity contribution in [3.05, 3.63) is 76.9 Å². The first kappa shape index (κ1) is 25.6. The quantitative estimate of drug-likeness (QED) is 0.482. The lowest BCUT2D eigenvalue weighted by Gasteiger charge is -2.28. The van der Waals surface area contributed by atoms with Gasteiger partial charge in [-0.1, -0.05) is 24.3 Å². The topological polar surface area (TPSA) is 97.0 Å². The molecule has 0 radical (unpaired) electrons. The summed E-state index contributed by atoms with van der Waals surface area (Å²) in [6, 6.07) is 10.9. The molecule has 3 N–H and O–H groups in total. The second-order valence-corrected chi connectivity index (χ2v) is 9.14. The number of benzene rings is 1. The van der Waals surface area contributed by atoms with Crippen molar-refractivity contribution < 1.29 is 18.0 Å². The molecule has 7 nitrogen and oxygen atoms in total. The highest BCUT2D eigenvalue weighted by molar-refractivity contribution is 5.77. The first-order valence-electron chi connectivity index (χ1n) is 11.9. The van der Waals surface area contributed by atoms with Crippen molar-refractivity contribution in [3.63, 3.8) is 0 Å². The summed E-state index contributed by atoms with van der Waals surface area (Å²) in [5.74, 6) is -0.0266. The van der Waals surface area contributed by atoms with Crippen LogP contribution in [-0.2, 0) is 30.2 Å². The zero-order valence-electron chi connectivity index (χ0n) is 20.1. The lowest BCUT2D eigenvalue weighted by Crippen LogP contribution is -2.29. The van der Waals surface area contributed by atoms with Crippen molar-refractivity contribution in [2.24, 2.45) is 5.73 Å². The van der Waals surface area contributed by atoms with Gasteiger partial charge in [-0.3, -0.25) is 9.78 Å². The fourth-order valence-electron chi connectivity index (χ4n) is 4.47. The minimum atomic E-state index is -4.59. The van der Waals surface area contributed by atoms with E-state index in [1.54, 1.807) is 30.5 Å². The highest BCUT2D eigenvalue weighted by atomic mass is 19.4. The number of aryl methyl sites for hydroxylation is 2. The summed E-state index contributed by atoms with van der Waals surface area (Å²) in [4.78, 5) is 26.3. The van der Waals surface area contributed by atoms with E-state index < -0.39 is 17.6 Å². The van der Waals surface area contributed by atoms with Crippen LogP contribution in [-0.4, -0.2) is 45.9 Å². The Balaban J connectivity index is 1.50. The summed E-state index contributed by atoms with van der Waals surface area (Å²) in [6.07, 6.45) is 0.297. The lowest BCUT2D eigenvalue weighted by molar-refractivity contribution is -0.138. The van der Waals surface area contributed by atoms with Crippen LogP contribution in [0.5, 0.6) is 0 Å². The molecule has 1 saturated heterocycles. The van der Waals surface area contributed by atoms with Gasteiger partial charge in [0, 0.05) is 17.8 Å². The number of carbonyl (C=O) groups is 1. The van der Waals surface area contributed by atoms with Gasteiger partial charge < -0.3 is 16.0 Å². The molecule has 1 aliphatic rings. The van der Waals surface area contributed by atoms with E-state index in [-0.39, 0.29) is 30.9 Å². The van der Waals surface area contributed by atoms with Gasteiger partial charge in [-0.15, -0.1) is 0 Å². The number of hydrogen-bond donors (Lipinski definition) is 2. The molecule has 1 fully saturated rings. The van der Waals surface area contributed by atoms with Crippen LogP contribution in [0.3, 0.4) is 0 Å². The number of aromatic nitrogens is 3. The Morgan fingerprint density at radius 2 is 1.78 bits per heavy atom. The number of primary amides is 1. The van der Waals surface area contributed by atoms with Gasteiger partial charge >= 0.3 is 6.18 Å². The molecule has 0 atom stereocenters. The number of anilines is 2. The number of likely N-dealkylation sites (tertiary alicyclic amines) is 1. The minimum absolute atomic E-state index is 0.0229. The van der Waals surface area contributed by atoms with Gasteiger partial charge in [-0.25, -0.2) is 9.97 Å². The molecule has 3 aromatic rings. The van der Waals surface area contributed by atoms with Gasteiger partial charge in [0.1, 0.15) is 0 Å². The van der Waals surface area contributed by atoms with Crippen LogP contribution in [0, 0.1) is 0 Å². The Morgan fingerprint density at radius 3 is 2.42 bits per heavy atom. The number of hydrogen-bond acceptors (Lipinski definition) is 6. The normalized spacial score (nSPS) is 15.1. The monoisotopic (exact) mass is 498 g/mol. The molecular formula is C26H29F3N6O. The van der Waals surface area contributed by atoms with Crippen molar-refractivity contribution >= 4 is 17.5 Å². The maximum Gasteiger partial charge on any atom is 0.419 e. The summed E-state index contributed by atoms with van der Waals surface area (Å²) in [5.41, 5.74) is 7.37. The molecule has 1 amide bonds. The van der Waals surface area contributed by atoms with E-state index in [1.165, 1.54) is 0 Å². The van der Waals surface area contributed by atoms with E-state index in [0.717, 1.165) is 43.4 Å². The van der Waals surface area contributed by atoms with E-state index in [4.69, 9.17) is 5.73 Å². The Labute approximate surface area is 208 Å². The molecule has 0 spiro atoms. The Morgan fingerprint density at radius 1 is 1.06 bits per heavy atom. The Bertz CT molecular complexity index is 1190. The van der Waals surface area contributed by atoms with Crippen molar-refractivity contribution in [2.45, 2.75) is 44.2 Å². The molecule has 1 aromatic carbocycles. The zero-order chi connectivity index (χ0) is 25.7. The second-order valence-electron chi connectivity index (χ2n) is 9.14. The molecule has 0 aliphatic carbocycles. The van der Waals surface area contributed by atoms with Gasteiger partial charge in [0.2, 0.25) is 11.9 Å². The van der Waals surface area contributed by atoms with Crippen molar-refractivity contribution in [3.8, 4) is 0 Å². The molecule has 0 saturated carbocycles. The number of carbonyl (C=O) groups excluding carboxylic acids is 1. The van der Waals surface area contributed by atoms with Gasteiger partial charge in [0.15, 0.2) is 0 Å². The highest BCUT2D eigenvalue weighted by Crippen LogP contribution is 2.32. The van der Waals surface area contributed by atoms with E-state index in [1.807, 2.05) is 12.1 Å². The molecule has 1 aliphatic heterocycles. The van der Waals surface area contributed by atoms with Crippen molar-refractivity contribution in [1.29, 1.82) is 0 Å². The largest absolute Gasteiger partial charge is 0.419 e. The van der Waals surface area contributed by atoms with Gasteiger partial charge in [0.05, 0.1) is 29.6 Å². The number of nitrogens with one attached hydrogen (secondary N) is 1. The van der Waals surface area contributed by atoms with Crippen LogP contribution in [0.4, 0.5) is 24.8 Å². The number of amides is 1. The standard InChI is InChI=1S/C26H29F3N6O/c1-35-12-10-18(11-13-35)22-9-7-20(15-31-22)33-25-32-16-21(26(27,28)29)23(34-25)8-6-17-4-2-3-5-19(17)14-24(30)36/h2-5,7,9,15-16,18H,6,8,10-14H2,1H3,(H2,30,36)(H,32,33,34). The molecule has 2 aromatic heterocycles. The molecular weight excluding hydrogens is 469 g/mol. The van der Waals surface area contributed by atoms with Gasteiger partial charge in [0.25, 0.3) is 0 Å². The van der Waals surface area contributed by atoms with Gasteiger partial charge in [-0.05, 0) is 69.1 Å². The number of nitrogens with zero attached hydrogens (tertiary/aromatic N) is 4. The van der Waals surface area contributed by atoms with Crippen LogP contribution < -0.4 is 11.1 Å². The molecule has 3 heterocycles. The fraction of sp³-hybridized carbons (Fsp3) is 0.385. The number of nitrogens with two attached hydrogens (primary N) is 1. The van der Waals surface area contributed by atoms with Gasteiger partial charge in [-0.2, -0.15) is 13.2 Å². The molecule has 0 bridgehead atoms. The first-order chi connectivity index (χ1) is 17.2. The summed E-state index contributed by atoms with van der Waals surface area (Å²) >= 11 is 0. The third-order valence-corrected chi connectivity index (χ3v) is 6.47. The highest BCUT2D eigenvalue weighted by Gasteiger charge is 2.35. The molecule has 36 heavy (non-hydrogen) atoms. The van der Waals surface area contributed by atoms with Crippen LogP contribution >= 0.6 is 0 Å². The average molecular weight is 499 g/mol. The molecule has 0 unspecified atom stereocenters. The van der Waals surface area contributed by atoms with E-state index >= 15 is 0 Å². The summed E-state index contributed by atoms with van der Waals surface area (Å²) in [7, 11) is 2.11. The third kappa shape index (κ3) is 6.57. The maximum atomic E-state index is 13.7. The molecule has 4 rings (SSSR count). The van der Waals surface area contributed by atoms with E-state index in [2.05, 4.69) is 32.2 Å². The zero-order valence-corrected chi connectivity index (χ0v) is 20.1. The number of rotatable bonds is 8. The summed E-state index contributed by atoms with van der Waals surface area (Å²) in [5, 5.41) is 2.97. The van der Waals surface area contributed by atoms with Crippen LogP contribution in [0.2, 0.25) is 0 Å². The lowest BCUT2D eigenvalue weighted by atomic mass is 9.93. The first-order valence-corrected chi connectivity index (χ1v) is 11.9. The molecule has 10 heteroatoms. The number of pyridine rings is 1. The number of piperidine rings is 1. The second kappa shape index (κ2) is 11.0. The predicted molar refractivity (Wildman–Crippen MR) is 131 cm³/mol. The van der Waals surface area contributed by atoms with Crippen LogP contribution in [0.25, 0.3) is 0 Å². The SMILES string of the molecule is CN1CCC(c2ccc(Nc3ncc(C(F)(F)F)c(CCc4ccccc4CC(N)=O)n3)cn2)CC1. The van der Waals surface area contributed by atoms with Crippen LogP contribution in [0.1, 0.15) is 46.8 Å². The Hall–Kier alpha value is -3.53. The molecule has 190 valence electrons. The van der Waals surface area contributed by atoms with E-state index in [9.17, 15) is 18.0 Å². The smallest absolute Gasteiger partial charge is 0.369 e. The number of alkyl halides is 3. The minimum Gasteiger partial charge on any atom is -0.369 e. The predicted octanol–water partition coefficient (Wildman–Crippen LogP) is 4.26. The Kier molecular flexibility index (Phi) is 7.83. The van der Waals surface area contributed by atoms with Crippen molar-refractivity contribution in [2.75, 3.05) is 25.5 Å².